The first-order valence-corrected chi connectivity index (χ1v) is 7.65. The maximum Gasteiger partial charge on any atom is 0.250 e. The molecule has 3 rings (SSSR count). The number of thioether (sulfide) groups is 1. The van der Waals surface area contributed by atoms with Crippen molar-refractivity contribution in [2.45, 2.75) is 12.1 Å². The van der Waals surface area contributed by atoms with Crippen molar-refractivity contribution >= 4 is 34.4 Å². The molecule has 2 heterocycles. The molecule has 1 amide bonds. The number of para-hydroxylation sites is 2. The topological polar surface area (TPSA) is 83.3 Å². The number of hydrazone groups is 1. The quantitative estimate of drug-likeness (QED) is 0.431. The van der Waals surface area contributed by atoms with Gasteiger partial charge < -0.3 is 9.40 Å². The van der Waals surface area contributed by atoms with E-state index >= 15 is 0 Å². The summed E-state index contributed by atoms with van der Waals surface area (Å²) in [5.41, 5.74) is 4.96. The first-order valence-electron chi connectivity index (χ1n) is 6.67. The minimum atomic E-state index is -0.198. The van der Waals surface area contributed by atoms with Crippen LogP contribution in [0.4, 0.5) is 0 Å². The Hall–Kier alpha value is -2.54. The lowest BCUT2D eigenvalue weighted by Gasteiger charge is -1.99. The van der Waals surface area contributed by atoms with Gasteiger partial charge in [0.1, 0.15) is 11.5 Å². The highest BCUT2D eigenvalue weighted by Crippen LogP contribution is 2.18. The molecule has 0 radical (unpaired) electrons. The number of furan rings is 1. The molecule has 0 spiro atoms. The SMILES string of the molecule is C/C(=N\NC(=O)CSc1nc2ccccc2[nH]1)c1ccco1. The first-order chi connectivity index (χ1) is 10.7. The number of nitrogens with zero attached hydrogens (tertiary/aromatic N) is 2. The Morgan fingerprint density at radius 3 is 3.00 bits per heavy atom. The second kappa shape index (κ2) is 6.48. The van der Waals surface area contributed by atoms with Gasteiger partial charge >= 0.3 is 0 Å². The zero-order chi connectivity index (χ0) is 15.4. The molecule has 6 nitrogen and oxygen atoms in total. The number of hydrogen-bond acceptors (Lipinski definition) is 5. The normalized spacial score (nSPS) is 11.8. The summed E-state index contributed by atoms with van der Waals surface area (Å²) in [6, 6.07) is 11.3. The second-order valence-corrected chi connectivity index (χ2v) is 5.52. The predicted molar refractivity (Wildman–Crippen MR) is 85.9 cm³/mol. The van der Waals surface area contributed by atoms with Crippen LogP contribution in [-0.4, -0.2) is 27.3 Å². The highest BCUT2D eigenvalue weighted by Gasteiger charge is 2.07. The summed E-state index contributed by atoms with van der Waals surface area (Å²) >= 11 is 1.33. The van der Waals surface area contributed by atoms with Crippen molar-refractivity contribution in [3.8, 4) is 0 Å². The van der Waals surface area contributed by atoms with Gasteiger partial charge in [0.05, 0.1) is 23.0 Å². The van der Waals surface area contributed by atoms with Gasteiger partial charge in [-0.25, -0.2) is 10.4 Å². The summed E-state index contributed by atoms with van der Waals surface area (Å²) in [4.78, 5) is 19.4. The van der Waals surface area contributed by atoms with E-state index in [-0.39, 0.29) is 11.7 Å². The average molecular weight is 314 g/mol. The Bertz CT molecular complexity index is 775. The van der Waals surface area contributed by atoms with E-state index in [0.717, 1.165) is 11.0 Å². The van der Waals surface area contributed by atoms with E-state index in [0.29, 0.717) is 16.6 Å². The average Bonchev–Trinajstić information content (AvgIpc) is 3.19. The van der Waals surface area contributed by atoms with Gasteiger partial charge in [0, 0.05) is 0 Å². The van der Waals surface area contributed by atoms with Crippen LogP contribution in [-0.2, 0) is 4.79 Å². The number of carbonyl (C=O) groups excluding carboxylic acids is 1. The Labute approximate surface area is 131 Å². The van der Waals surface area contributed by atoms with Crippen molar-refractivity contribution in [1.82, 2.24) is 15.4 Å². The molecule has 0 aliphatic rings. The van der Waals surface area contributed by atoms with E-state index in [1.807, 2.05) is 24.3 Å². The van der Waals surface area contributed by atoms with Crippen LogP contribution in [0.15, 0.2) is 57.3 Å². The summed E-state index contributed by atoms with van der Waals surface area (Å²) in [6.07, 6.45) is 1.56. The van der Waals surface area contributed by atoms with Crippen LogP contribution < -0.4 is 5.43 Å². The zero-order valence-corrected chi connectivity index (χ0v) is 12.7. The number of aromatic nitrogens is 2. The van der Waals surface area contributed by atoms with Crippen molar-refractivity contribution in [3.05, 3.63) is 48.4 Å². The smallest absolute Gasteiger partial charge is 0.250 e. The van der Waals surface area contributed by atoms with Gasteiger partial charge in [0.2, 0.25) is 0 Å². The summed E-state index contributed by atoms with van der Waals surface area (Å²) in [5, 5.41) is 4.71. The molecular formula is C15H14N4O2S. The molecule has 0 aliphatic carbocycles. The Kier molecular flexibility index (Phi) is 4.24. The number of rotatable bonds is 5. The lowest BCUT2D eigenvalue weighted by molar-refractivity contribution is -0.118. The van der Waals surface area contributed by atoms with Crippen LogP contribution in [0.25, 0.3) is 11.0 Å². The highest BCUT2D eigenvalue weighted by molar-refractivity contribution is 7.99. The van der Waals surface area contributed by atoms with Crippen LogP contribution in [0.5, 0.6) is 0 Å². The van der Waals surface area contributed by atoms with Crippen molar-refractivity contribution in [3.63, 3.8) is 0 Å². The van der Waals surface area contributed by atoms with E-state index in [4.69, 9.17) is 4.42 Å². The molecule has 1 aromatic carbocycles. The number of fused-ring (bicyclic) bond motifs is 1. The Morgan fingerprint density at radius 2 is 2.23 bits per heavy atom. The minimum Gasteiger partial charge on any atom is -0.463 e. The van der Waals surface area contributed by atoms with Crippen molar-refractivity contribution < 1.29 is 9.21 Å². The third kappa shape index (κ3) is 3.37. The standard InChI is InChI=1S/C15H14N4O2S/c1-10(13-7-4-8-21-13)18-19-14(20)9-22-15-16-11-5-2-3-6-12(11)17-15/h2-8H,9H2,1H3,(H,16,17)(H,19,20)/b18-10+. The van der Waals surface area contributed by atoms with Crippen molar-refractivity contribution in [2.75, 3.05) is 5.75 Å². The number of imidazole rings is 1. The molecular weight excluding hydrogens is 300 g/mol. The van der Waals surface area contributed by atoms with Crippen LogP contribution in [0.2, 0.25) is 0 Å². The number of carbonyl (C=O) groups is 1. The van der Waals surface area contributed by atoms with Gasteiger partial charge in [0.15, 0.2) is 5.16 Å². The van der Waals surface area contributed by atoms with E-state index in [2.05, 4.69) is 20.5 Å². The predicted octanol–water partition coefficient (Wildman–Crippen LogP) is 2.79. The molecule has 0 bridgehead atoms. The van der Waals surface area contributed by atoms with Gasteiger partial charge in [-0.2, -0.15) is 5.10 Å². The molecule has 0 fully saturated rings. The van der Waals surface area contributed by atoms with Gasteiger partial charge in [-0.15, -0.1) is 0 Å². The molecule has 0 atom stereocenters. The van der Waals surface area contributed by atoms with E-state index in [9.17, 15) is 4.79 Å². The van der Waals surface area contributed by atoms with Crippen molar-refractivity contribution in [2.24, 2.45) is 5.10 Å². The Morgan fingerprint density at radius 1 is 1.36 bits per heavy atom. The fourth-order valence-corrected chi connectivity index (χ4v) is 2.53. The van der Waals surface area contributed by atoms with Crippen molar-refractivity contribution in [1.29, 1.82) is 0 Å². The minimum absolute atomic E-state index is 0.198. The number of nitrogens with one attached hydrogen (secondary N) is 2. The van der Waals surface area contributed by atoms with Crippen LogP contribution in [0, 0.1) is 0 Å². The molecule has 0 unspecified atom stereocenters. The second-order valence-electron chi connectivity index (χ2n) is 4.56. The van der Waals surface area contributed by atoms with E-state index in [1.165, 1.54) is 11.8 Å². The summed E-state index contributed by atoms with van der Waals surface area (Å²) in [6.45, 7) is 1.77. The molecule has 0 saturated heterocycles. The van der Waals surface area contributed by atoms with Crippen LogP contribution in [0.3, 0.4) is 0 Å². The third-order valence-corrected chi connectivity index (χ3v) is 3.81. The van der Waals surface area contributed by atoms with E-state index in [1.54, 1.807) is 25.3 Å². The number of H-pyrrole nitrogens is 1. The fraction of sp³-hybridized carbons (Fsp3) is 0.133. The monoisotopic (exact) mass is 314 g/mol. The molecule has 7 heteroatoms. The molecule has 3 aromatic rings. The highest BCUT2D eigenvalue weighted by atomic mass is 32.2. The number of benzene rings is 1. The van der Waals surface area contributed by atoms with Gasteiger partial charge in [0.25, 0.3) is 5.91 Å². The van der Waals surface area contributed by atoms with Crippen LogP contribution in [0.1, 0.15) is 12.7 Å². The van der Waals surface area contributed by atoms with E-state index < -0.39 is 0 Å². The lowest BCUT2D eigenvalue weighted by atomic mass is 10.3. The van der Waals surface area contributed by atoms with Gasteiger partial charge in [-0.3, -0.25) is 4.79 Å². The summed E-state index contributed by atoms with van der Waals surface area (Å²) in [7, 11) is 0. The third-order valence-electron chi connectivity index (χ3n) is 2.93. The molecule has 0 saturated carbocycles. The molecule has 2 aromatic heterocycles. The Balaban J connectivity index is 1.55. The summed E-state index contributed by atoms with van der Waals surface area (Å²) in [5.74, 6) is 0.663. The van der Waals surface area contributed by atoms with Crippen LogP contribution >= 0.6 is 11.8 Å². The number of amides is 1. The number of hydrogen-bond donors (Lipinski definition) is 2. The van der Waals surface area contributed by atoms with Gasteiger partial charge in [-0.05, 0) is 31.2 Å². The first kappa shape index (κ1) is 14.4. The molecule has 2 N–H and O–H groups in total. The largest absolute Gasteiger partial charge is 0.463 e. The maximum atomic E-state index is 11.8. The lowest BCUT2D eigenvalue weighted by Crippen LogP contribution is -2.21. The fourth-order valence-electron chi connectivity index (χ4n) is 1.85. The molecule has 112 valence electrons. The summed E-state index contributed by atoms with van der Waals surface area (Å²) < 4.78 is 5.19. The maximum absolute atomic E-state index is 11.8. The molecule has 0 aliphatic heterocycles. The van der Waals surface area contributed by atoms with Gasteiger partial charge in [-0.1, -0.05) is 23.9 Å². The molecule has 22 heavy (non-hydrogen) atoms. The number of aromatic amines is 1. The zero-order valence-electron chi connectivity index (χ0n) is 11.9.